The first kappa shape index (κ1) is 25.9. The SMILES string of the molecule is CC(C)CC(NC(=O)C(C)N)C(=O)NC(Cc1ccc(O)cc1)C(=O)NC(C)C(=O)O. The molecule has 0 aliphatic rings. The third kappa shape index (κ3) is 9.04. The Labute approximate surface area is 181 Å². The molecule has 0 heterocycles. The second-order valence-corrected chi connectivity index (χ2v) is 7.98. The standard InChI is InChI=1S/C21H32N4O6/c1-11(2)9-16(24-18(27)12(3)22)20(29)25-17(19(28)23-13(4)21(30)31)10-14-5-7-15(26)8-6-14/h5-8,11-13,16-17,26H,9-10,22H2,1-4H3,(H,23,28)(H,24,27)(H,25,29)(H,30,31). The van der Waals surface area contributed by atoms with Crippen molar-refractivity contribution in [2.75, 3.05) is 0 Å². The lowest BCUT2D eigenvalue weighted by molar-refractivity contribution is -0.141. The van der Waals surface area contributed by atoms with Gasteiger partial charge < -0.3 is 31.9 Å². The van der Waals surface area contributed by atoms with E-state index in [1.165, 1.54) is 26.0 Å². The average Bonchev–Trinajstić information content (AvgIpc) is 2.67. The van der Waals surface area contributed by atoms with Gasteiger partial charge in [0, 0.05) is 6.42 Å². The summed E-state index contributed by atoms with van der Waals surface area (Å²) in [5.41, 5.74) is 6.22. The van der Waals surface area contributed by atoms with E-state index < -0.39 is 47.9 Å². The van der Waals surface area contributed by atoms with Crippen molar-refractivity contribution in [3.63, 3.8) is 0 Å². The van der Waals surface area contributed by atoms with E-state index in [1.54, 1.807) is 12.1 Å². The fourth-order valence-electron chi connectivity index (χ4n) is 2.73. The number of aromatic hydroxyl groups is 1. The molecule has 0 aromatic heterocycles. The summed E-state index contributed by atoms with van der Waals surface area (Å²) in [5.74, 6) is -2.86. The quantitative estimate of drug-likeness (QED) is 0.281. The van der Waals surface area contributed by atoms with Gasteiger partial charge in [-0.2, -0.15) is 0 Å². The van der Waals surface area contributed by atoms with Gasteiger partial charge in [-0.25, -0.2) is 0 Å². The van der Waals surface area contributed by atoms with Crippen molar-refractivity contribution in [1.29, 1.82) is 0 Å². The van der Waals surface area contributed by atoms with Gasteiger partial charge in [0.15, 0.2) is 0 Å². The monoisotopic (exact) mass is 436 g/mol. The summed E-state index contributed by atoms with van der Waals surface area (Å²) in [6.45, 7) is 6.57. The predicted molar refractivity (Wildman–Crippen MR) is 114 cm³/mol. The van der Waals surface area contributed by atoms with Crippen LogP contribution in [-0.4, -0.2) is 58.1 Å². The number of rotatable bonds is 11. The molecule has 31 heavy (non-hydrogen) atoms. The van der Waals surface area contributed by atoms with Crippen LogP contribution in [-0.2, 0) is 25.6 Å². The Balaban J connectivity index is 3.06. The number of amides is 3. The molecular formula is C21H32N4O6. The van der Waals surface area contributed by atoms with Gasteiger partial charge in [0.2, 0.25) is 17.7 Å². The molecule has 0 radical (unpaired) electrons. The van der Waals surface area contributed by atoms with E-state index in [2.05, 4.69) is 16.0 Å². The van der Waals surface area contributed by atoms with Crippen molar-refractivity contribution >= 4 is 23.7 Å². The number of carbonyl (C=O) groups is 4. The Hall–Kier alpha value is -3.14. The highest BCUT2D eigenvalue weighted by Crippen LogP contribution is 2.12. The summed E-state index contributed by atoms with van der Waals surface area (Å²) in [6.07, 6.45) is 0.378. The maximum absolute atomic E-state index is 12.9. The third-order valence-corrected chi connectivity index (χ3v) is 4.49. The third-order valence-electron chi connectivity index (χ3n) is 4.49. The van der Waals surface area contributed by atoms with Crippen molar-refractivity contribution in [2.24, 2.45) is 11.7 Å². The molecule has 0 fully saturated rings. The normalized spacial score (nSPS) is 14.8. The van der Waals surface area contributed by atoms with Crippen LogP contribution in [0, 0.1) is 5.92 Å². The van der Waals surface area contributed by atoms with E-state index in [0.717, 1.165) is 0 Å². The van der Waals surface area contributed by atoms with Gasteiger partial charge in [-0.15, -0.1) is 0 Å². The highest BCUT2D eigenvalue weighted by atomic mass is 16.4. The minimum absolute atomic E-state index is 0.0453. The molecule has 172 valence electrons. The molecule has 0 saturated heterocycles. The summed E-state index contributed by atoms with van der Waals surface area (Å²) in [4.78, 5) is 48.7. The average molecular weight is 437 g/mol. The number of hydrogen-bond acceptors (Lipinski definition) is 6. The van der Waals surface area contributed by atoms with Crippen LogP contribution >= 0.6 is 0 Å². The van der Waals surface area contributed by atoms with Crippen LogP contribution in [0.5, 0.6) is 5.75 Å². The zero-order valence-corrected chi connectivity index (χ0v) is 18.2. The topological polar surface area (TPSA) is 171 Å². The van der Waals surface area contributed by atoms with E-state index in [1.807, 2.05) is 13.8 Å². The van der Waals surface area contributed by atoms with Crippen LogP contribution in [0.25, 0.3) is 0 Å². The molecule has 10 heteroatoms. The van der Waals surface area contributed by atoms with Gasteiger partial charge in [0.1, 0.15) is 23.9 Å². The Morgan fingerprint density at radius 3 is 1.87 bits per heavy atom. The number of carboxylic acid groups (broad SMARTS) is 1. The summed E-state index contributed by atoms with van der Waals surface area (Å²) in [5, 5.41) is 26.1. The van der Waals surface area contributed by atoms with Gasteiger partial charge in [-0.1, -0.05) is 26.0 Å². The number of hydrogen-bond donors (Lipinski definition) is 6. The minimum atomic E-state index is -1.22. The number of aliphatic carboxylic acids is 1. The molecule has 4 atom stereocenters. The molecule has 7 N–H and O–H groups in total. The molecule has 1 rings (SSSR count). The van der Waals surface area contributed by atoms with Crippen molar-refractivity contribution in [3.05, 3.63) is 29.8 Å². The zero-order valence-electron chi connectivity index (χ0n) is 18.2. The van der Waals surface area contributed by atoms with Gasteiger partial charge in [-0.3, -0.25) is 19.2 Å². The number of benzene rings is 1. The van der Waals surface area contributed by atoms with Gasteiger partial charge >= 0.3 is 5.97 Å². The lowest BCUT2D eigenvalue weighted by Gasteiger charge is -2.25. The predicted octanol–water partition coefficient (Wildman–Crippen LogP) is -0.113. The summed E-state index contributed by atoms with van der Waals surface area (Å²) in [7, 11) is 0. The molecule has 1 aromatic rings. The molecular weight excluding hydrogens is 404 g/mol. The Morgan fingerprint density at radius 2 is 1.39 bits per heavy atom. The van der Waals surface area contributed by atoms with Crippen LogP contribution in [0.3, 0.4) is 0 Å². The lowest BCUT2D eigenvalue weighted by atomic mass is 10.0. The number of phenolic OH excluding ortho intramolecular Hbond substituents is 1. The smallest absolute Gasteiger partial charge is 0.325 e. The Bertz CT molecular complexity index is 779. The summed E-state index contributed by atoms with van der Waals surface area (Å²) in [6, 6.07) is 2.09. The highest BCUT2D eigenvalue weighted by molar-refractivity contribution is 5.94. The van der Waals surface area contributed by atoms with Gasteiger partial charge in [0.05, 0.1) is 6.04 Å². The van der Waals surface area contributed by atoms with E-state index in [4.69, 9.17) is 10.8 Å². The number of carboxylic acids is 1. The van der Waals surface area contributed by atoms with Crippen LogP contribution in [0.1, 0.15) is 39.7 Å². The van der Waals surface area contributed by atoms with Crippen molar-refractivity contribution in [1.82, 2.24) is 16.0 Å². The highest BCUT2D eigenvalue weighted by Gasteiger charge is 2.29. The number of nitrogens with two attached hydrogens (primary N) is 1. The number of nitrogens with one attached hydrogen (secondary N) is 3. The van der Waals surface area contributed by atoms with Crippen LogP contribution in [0.15, 0.2) is 24.3 Å². The molecule has 0 aliphatic heterocycles. The molecule has 1 aromatic carbocycles. The fraction of sp³-hybridized carbons (Fsp3) is 0.524. The van der Waals surface area contributed by atoms with Crippen molar-refractivity contribution in [2.45, 2.75) is 64.7 Å². The second kappa shape index (κ2) is 11.9. The van der Waals surface area contributed by atoms with Crippen molar-refractivity contribution < 1.29 is 29.4 Å². The molecule has 3 amide bonds. The zero-order chi connectivity index (χ0) is 23.7. The first-order valence-corrected chi connectivity index (χ1v) is 10.1. The summed E-state index contributed by atoms with van der Waals surface area (Å²) < 4.78 is 0. The largest absolute Gasteiger partial charge is 0.508 e. The molecule has 4 unspecified atom stereocenters. The van der Waals surface area contributed by atoms with Crippen LogP contribution in [0.2, 0.25) is 0 Å². The summed E-state index contributed by atoms with van der Waals surface area (Å²) >= 11 is 0. The molecule has 10 nitrogen and oxygen atoms in total. The second-order valence-electron chi connectivity index (χ2n) is 7.98. The first-order chi connectivity index (χ1) is 14.4. The first-order valence-electron chi connectivity index (χ1n) is 10.1. The van der Waals surface area contributed by atoms with E-state index >= 15 is 0 Å². The van der Waals surface area contributed by atoms with E-state index in [-0.39, 0.29) is 18.1 Å². The minimum Gasteiger partial charge on any atom is -0.508 e. The lowest BCUT2D eigenvalue weighted by Crippen LogP contribution is -2.57. The van der Waals surface area contributed by atoms with Crippen LogP contribution < -0.4 is 21.7 Å². The van der Waals surface area contributed by atoms with Crippen LogP contribution in [0.4, 0.5) is 0 Å². The van der Waals surface area contributed by atoms with Crippen molar-refractivity contribution in [3.8, 4) is 5.75 Å². The molecule has 0 spiro atoms. The van der Waals surface area contributed by atoms with E-state index in [0.29, 0.717) is 12.0 Å². The maximum Gasteiger partial charge on any atom is 0.325 e. The Morgan fingerprint density at radius 1 is 0.871 bits per heavy atom. The molecule has 0 saturated carbocycles. The number of carbonyl (C=O) groups excluding carboxylic acids is 3. The molecule has 0 aliphatic carbocycles. The van der Waals surface area contributed by atoms with E-state index in [9.17, 15) is 24.3 Å². The molecule has 0 bridgehead atoms. The maximum atomic E-state index is 12.9. The van der Waals surface area contributed by atoms with Gasteiger partial charge in [-0.05, 0) is 43.9 Å². The fourth-order valence-corrected chi connectivity index (χ4v) is 2.73. The number of phenols is 1. The van der Waals surface area contributed by atoms with Gasteiger partial charge in [0.25, 0.3) is 0 Å². The Kier molecular flexibility index (Phi) is 9.94.